The Hall–Kier alpha value is -2.88. The standard InChI is InChI=1S/C12H16N4OS.2C2HF3O2/c1-17-6-5-14-12-15-10(13)9-7-3-2-4-8(7)18-11(9)16-12;2*3-2(4,5)1(6)7/h2-6H2,1H3,(H3,13,14,15,16);2*(H,6,7). The van der Waals surface area contributed by atoms with Gasteiger partial charge in [0.15, 0.2) is 0 Å². The lowest BCUT2D eigenvalue weighted by molar-refractivity contribution is -0.193. The van der Waals surface area contributed by atoms with Gasteiger partial charge < -0.3 is 26.0 Å². The van der Waals surface area contributed by atoms with Crippen molar-refractivity contribution >= 4 is 45.3 Å². The molecular weight excluding hydrogens is 474 g/mol. The first kappa shape index (κ1) is 27.2. The molecule has 2 aromatic rings. The molecule has 0 amide bonds. The number of methoxy groups -OCH3 is 1. The summed E-state index contributed by atoms with van der Waals surface area (Å²) in [6.45, 7) is 1.31. The molecule has 0 spiro atoms. The van der Waals surface area contributed by atoms with Gasteiger partial charge in [0.05, 0.1) is 12.0 Å². The zero-order valence-corrected chi connectivity index (χ0v) is 17.1. The maximum absolute atomic E-state index is 10.6. The average molecular weight is 492 g/mol. The quantitative estimate of drug-likeness (QED) is 0.373. The number of rotatable bonds is 4. The number of hydrogen-bond donors (Lipinski definition) is 4. The Morgan fingerprint density at radius 1 is 1.09 bits per heavy atom. The molecule has 0 fully saturated rings. The minimum Gasteiger partial charge on any atom is -0.475 e. The predicted octanol–water partition coefficient (Wildman–Crippen LogP) is 3.09. The number of alkyl halides is 6. The van der Waals surface area contributed by atoms with Gasteiger partial charge >= 0.3 is 24.3 Å². The molecule has 0 saturated heterocycles. The summed E-state index contributed by atoms with van der Waals surface area (Å²) in [5.41, 5.74) is 7.43. The van der Waals surface area contributed by atoms with E-state index in [0.717, 1.165) is 23.1 Å². The van der Waals surface area contributed by atoms with Crippen LogP contribution in [-0.4, -0.2) is 64.7 Å². The largest absolute Gasteiger partial charge is 0.490 e. The van der Waals surface area contributed by atoms with E-state index in [1.807, 2.05) is 0 Å². The number of carboxylic acid groups (broad SMARTS) is 2. The third kappa shape index (κ3) is 7.99. The van der Waals surface area contributed by atoms with E-state index in [-0.39, 0.29) is 0 Å². The summed E-state index contributed by atoms with van der Waals surface area (Å²) < 4.78 is 68.5. The van der Waals surface area contributed by atoms with Crippen molar-refractivity contribution in [1.82, 2.24) is 9.97 Å². The molecule has 0 bridgehead atoms. The number of ether oxygens (including phenoxy) is 1. The predicted molar refractivity (Wildman–Crippen MR) is 102 cm³/mol. The SMILES string of the molecule is COCCNc1nc(N)c2c3c(sc2n1)CCC3.O=C(O)C(F)(F)F.O=C(O)C(F)(F)F. The Morgan fingerprint density at radius 2 is 1.62 bits per heavy atom. The number of nitrogens with zero attached hydrogens (tertiary/aromatic N) is 2. The van der Waals surface area contributed by atoms with Gasteiger partial charge in [-0.1, -0.05) is 0 Å². The molecule has 3 rings (SSSR count). The Balaban J connectivity index is 0.000000305. The van der Waals surface area contributed by atoms with E-state index in [9.17, 15) is 26.3 Å². The second-order valence-corrected chi connectivity index (χ2v) is 7.08. The zero-order chi connectivity index (χ0) is 24.7. The molecule has 180 valence electrons. The number of hydrogen-bond acceptors (Lipinski definition) is 8. The lowest BCUT2D eigenvalue weighted by Crippen LogP contribution is -2.21. The van der Waals surface area contributed by atoms with E-state index in [1.165, 1.54) is 16.9 Å². The summed E-state index contributed by atoms with van der Waals surface area (Å²) in [7, 11) is 1.67. The van der Waals surface area contributed by atoms with Gasteiger partial charge in [0, 0.05) is 18.5 Å². The lowest BCUT2D eigenvalue weighted by Gasteiger charge is -2.05. The van der Waals surface area contributed by atoms with Crippen molar-refractivity contribution in [2.75, 3.05) is 31.3 Å². The van der Waals surface area contributed by atoms with Gasteiger partial charge in [-0.05, 0) is 24.8 Å². The van der Waals surface area contributed by atoms with Gasteiger partial charge in [-0.15, -0.1) is 11.3 Å². The molecule has 2 heterocycles. The van der Waals surface area contributed by atoms with Crippen LogP contribution < -0.4 is 11.1 Å². The summed E-state index contributed by atoms with van der Waals surface area (Å²) >= 11 is 1.75. The van der Waals surface area contributed by atoms with Gasteiger partial charge in [0.2, 0.25) is 5.95 Å². The van der Waals surface area contributed by atoms with Crippen LogP contribution >= 0.6 is 11.3 Å². The van der Waals surface area contributed by atoms with Crippen molar-refractivity contribution in [2.45, 2.75) is 31.6 Å². The highest BCUT2D eigenvalue weighted by atomic mass is 32.1. The number of nitrogen functional groups attached to an aromatic ring is 1. The molecule has 0 atom stereocenters. The molecule has 0 radical (unpaired) electrons. The van der Waals surface area contributed by atoms with Crippen LogP contribution in [0.1, 0.15) is 16.9 Å². The van der Waals surface area contributed by atoms with E-state index in [0.29, 0.717) is 24.9 Å². The molecule has 2 aromatic heterocycles. The van der Waals surface area contributed by atoms with Crippen LogP contribution in [0, 0.1) is 0 Å². The van der Waals surface area contributed by atoms with Crippen LogP contribution in [0.5, 0.6) is 0 Å². The molecule has 0 saturated carbocycles. The molecule has 0 aliphatic heterocycles. The normalized spacial score (nSPS) is 12.8. The van der Waals surface area contributed by atoms with E-state index >= 15 is 0 Å². The van der Waals surface area contributed by atoms with Crippen LogP contribution in [0.25, 0.3) is 10.2 Å². The van der Waals surface area contributed by atoms with Crippen molar-refractivity contribution in [3.63, 3.8) is 0 Å². The third-order valence-corrected chi connectivity index (χ3v) is 4.85. The zero-order valence-electron chi connectivity index (χ0n) is 16.3. The van der Waals surface area contributed by atoms with E-state index in [2.05, 4.69) is 15.3 Å². The van der Waals surface area contributed by atoms with Gasteiger partial charge in [-0.3, -0.25) is 0 Å². The Labute approximate surface area is 180 Å². The molecule has 0 unspecified atom stereocenters. The fourth-order valence-electron chi connectivity index (χ4n) is 2.37. The topological polar surface area (TPSA) is 148 Å². The number of aliphatic carboxylic acids is 2. The van der Waals surface area contributed by atoms with E-state index in [1.54, 1.807) is 18.4 Å². The second kappa shape index (κ2) is 11.1. The molecule has 1 aliphatic rings. The molecular formula is C16H18F6N4O5S. The lowest BCUT2D eigenvalue weighted by atomic mass is 10.2. The second-order valence-electron chi connectivity index (χ2n) is 6.00. The van der Waals surface area contributed by atoms with Crippen molar-refractivity contribution in [2.24, 2.45) is 0 Å². The molecule has 9 nitrogen and oxygen atoms in total. The highest BCUT2D eigenvalue weighted by molar-refractivity contribution is 7.19. The maximum atomic E-state index is 10.6. The van der Waals surface area contributed by atoms with Crippen molar-refractivity contribution in [1.29, 1.82) is 0 Å². The number of halogens is 6. The summed E-state index contributed by atoms with van der Waals surface area (Å²) in [4.78, 5) is 29.1. The summed E-state index contributed by atoms with van der Waals surface area (Å²) in [6.07, 6.45) is -6.67. The number of fused-ring (bicyclic) bond motifs is 3. The molecule has 1 aliphatic carbocycles. The van der Waals surface area contributed by atoms with Crippen molar-refractivity contribution in [3.05, 3.63) is 10.4 Å². The fourth-order valence-corrected chi connectivity index (χ4v) is 3.64. The highest BCUT2D eigenvalue weighted by Gasteiger charge is 2.38. The third-order valence-electron chi connectivity index (χ3n) is 3.67. The van der Waals surface area contributed by atoms with Crippen LogP contribution in [-0.2, 0) is 27.2 Å². The van der Waals surface area contributed by atoms with Crippen molar-refractivity contribution < 1.29 is 50.9 Å². The summed E-state index contributed by atoms with van der Waals surface area (Å²) in [5, 5.41) is 18.4. The van der Waals surface area contributed by atoms with Gasteiger partial charge in [0.1, 0.15) is 10.6 Å². The van der Waals surface area contributed by atoms with Crippen LogP contribution in [0.15, 0.2) is 0 Å². The monoisotopic (exact) mass is 492 g/mol. The number of carboxylic acids is 2. The number of thiophene rings is 1. The first-order valence-corrected chi connectivity index (χ1v) is 9.40. The summed E-state index contributed by atoms with van der Waals surface area (Å²) in [5.74, 6) is -4.32. The number of nitrogens with two attached hydrogens (primary N) is 1. The number of aryl methyl sites for hydroxylation is 2. The molecule has 5 N–H and O–H groups in total. The minimum atomic E-state index is -5.08. The first-order chi connectivity index (χ1) is 14.7. The Bertz CT molecular complexity index is 924. The molecule has 16 heteroatoms. The van der Waals surface area contributed by atoms with Crippen LogP contribution in [0.2, 0.25) is 0 Å². The number of nitrogens with one attached hydrogen (secondary N) is 1. The van der Waals surface area contributed by atoms with Gasteiger partial charge in [-0.2, -0.15) is 31.3 Å². The van der Waals surface area contributed by atoms with Gasteiger partial charge in [-0.25, -0.2) is 14.6 Å². The first-order valence-electron chi connectivity index (χ1n) is 8.59. The minimum absolute atomic E-state index is 0.594. The Morgan fingerprint density at radius 3 is 2.09 bits per heavy atom. The number of carbonyl (C=O) groups is 2. The average Bonchev–Trinajstić information content (AvgIpc) is 3.22. The number of anilines is 2. The smallest absolute Gasteiger partial charge is 0.475 e. The highest BCUT2D eigenvalue weighted by Crippen LogP contribution is 2.38. The van der Waals surface area contributed by atoms with Crippen LogP contribution in [0.4, 0.5) is 38.1 Å². The molecule has 0 aromatic carbocycles. The Kier molecular flexibility index (Phi) is 9.44. The van der Waals surface area contributed by atoms with E-state index in [4.69, 9.17) is 30.3 Å². The molecule has 32 heavy (non-hydrogen) atoms. The maximum Gasteiger partial charge on any atom is 0.490 e. The van der Waals surface area contributed by atoms with Crippen molar-refractivity contribution in [3.8, 4) is 0 Å². The fraction of sp³-hybridized carbons (Fsp3) is 0.500. The number of aromatic nitrogens is 2. The summed E-state index contributed by atoms with van der Waals surface area (Å²) in [6, 6.07) is 0. The van der Waals surface area contributed by atoms with Crippen LogP contribution in [0.3, 0.4) is 0 Å². The van der Waals surface area contributed by atoms with Gasteiger partial charge in [0.25, 0.3) is 0 Å². The van der Waals surface area contributed by atoms with E-state index < -0.39 is 24.3 Å².